The monoisotopic (exact) mass is 364 g/mol. The molecule has 1 aliphatic heterocycles. The molecule has 0 aliphatic carbocycles. The fourth-order valence-corrected chi connectivity index (χ4v) is 3.08. The third-order valence-electron chi connectivity index (χ3n) is 4.00. The van der Waals surface area contributed by atoms with Crippen molar-refractivity contribution in [2.45, 2.75) is 0 Å². The smallest absolute Gasteiger partial charge is 0.287 e. The molecule has 132 valence electrons. The molecule has 2 aromatic rings. The Morgan fingerprint density at radius 3 is 2.72 bits per heavy atom. The molecular weight excluding hydrogens is 348 g/mol. The quantitative estimate of drug-likeness (QED) is 0.665. The highest BCUT2D eigenvalue weighted by molar-refractivity contribution is 6.34. The van der Waals surface area contributed by atoms with Gasteiger partial charge in [0.1, 0.15) is 5.69 Å². The maximum Gasteiger partial charge on any atom is 0.287 e. The van der Waals surface area contributed by atoms with E-state index >= 15 is 0 Å². The third kappa shape index (κ3) is 3.59. The van der Waals surface area contributed by atoms with Gasteiger partial charge >= 0.3 is 0 Å². The average Bonchev–Trinajstić information content (AvgIpc) is 2.98. The van der Waals surface area contributed by atoms with Gasteiger partial charge in [0, 0.05) is 26.2 Å². The number of carbonyl (C=O) groups excluding carboxylic acids is 1. The number of nitro groups is 1. The minimum atomic E-state index is -0.532. The largest absolute Gasteiger partial charge is 0.378 e. The summed E-state index contributed by atoms with van der Waals surface area (Å²) in [5, 5.41) is 14.2. The van der Waals surface area contributed by atoms with Crippen molar-refractivity contribution >= 4 is 34.6 Å². The van der Waals surface area contributed by atoms with Crippen molar-refractivity contribution in [1.29, 1.82) is 0 Å². The number of carbonyl (C=O) groups is 1. The zero-order valence-electron chi connectivity index (χ0n) is 13.6. The van der Waals surface area contributed by atoms with Crippen LogP contribution in [0, 0.1) is 10.1 Å². The van der Waals surface area contributed by atoms with E-state index < -0.39 is 10.8 Å². The predicted octanol–water partition coefficient (Wildman–Crippen LogP) is 2.68. The van der Waals surface area contributed by atoms with E-state index in [1.807, 2.05) is 0 Å². The predicted molar refractivity (Wildman–Crippen MR) is 94.5 cm³/mol. The molecule has 25 heavy (non-hydrogen) atoms. The lowest BCUT2D eigenvalue weighted by Gasteiger charge is -2.31. The van der Waals surface area contributed by atoms with Crippen molar-refractivity contribution in [3.8, 4) is 0 Å². The van der Waals surface area contributed by atoms with Crippen molar-refractivity contribution < 1.29 is 14.5 Å². The van der Waals surface area contributed by atoms with Gasteiger partial charge in [-0.2, -0.15) is 0 Å². The normalized spacial score (nSPS) is 14.4. The van der Waals surface area contributed by atoms with Gasteiger partial charge in [0.2, 0.25) is 0 Å². The molecule has 1 aromatic carbocycles. The number of para-hydroxylation sites is 1. The van der Waals surface area contributed by atoms with Crippen LogP contribution in [-0.2, 0) is 11.8 Å². The Labute approximate surface area is 149 Å². The lowest BCUT2D eigenvalue weighted by molar-refractivity contribution is -0.384. The van der Waals surface area contributed by atoms with Gasteiger partial charge in [-0.25, -0.2) is 0 Å². The molecular formula is C16H17ClN4O4. The summed E-state index contributed by atoms with van der Waals surface area (Å²) < 4.78 is 6.78. The number of morpholine rings is 1. The first kappa shape index (κ1) is 17.2. The maximum absolute atomic E-state index is 12.6. The number of hydrogen-bond donors (Lipinski definition) is 1. The topological polar surface area (TPSA) is 89.6 Å². The molecule has 1 N–H and O–H groups in total. The molecule has 1 amide bonds. The van der Waals surface area contributed by atoms with Gasteiger partial charge < -0.3 is 19.5 Å². The molecule has 3 rings (SSSR count). The van der Waals surface area contributed by atoms with Crippen molar-refractivity contribution in [2.75, 3.05) is 36.5 Å². The number of nitrogens with one attached hydrogen (secondary N) is 1. The summed E-state index contributed by atoms with van der Waals surface area (Å²) in [4.78, 5) is 25.0. The van der Waals surface area contributed by atoms with Gasteiger partial charge in [-0.15, -0.1) is 0 Å². The summed E-state index contributed by atoms with van der Waals surface area (Å²) in [7, 11) is 1.59. The second kappa shape index (κ2) is 7.12. The van der Waals surface area contributed by atoms with E-state index in [1.165, 1.54) is 16.8 Å². The molecule has 0 unspecified atom stereocenters. The highest BCUT2D eigenvalue weighted by atomic mass is 35.5. The first-order valence-corrected chi connectivity index (χ1v) is 8.08. The number of anilines is 2. The summed E-state index contributed by atoms with van der Waals surface area (Å²) in [6.45, 7) is 2.51. The van der Waals surface area contributed by atoms with Crippen LogP contribution in [0.25, 0.3) is 0 Å². The highest BCUT2D eigenvalue weighted by Gasteiger charge is 2.22. The number of amides is 1. The molecule has 9 heteroatoms. The van der Waals surface area contributed by atoms with Crippen molar-refractivity contribution in [3.63, 3.8) is 0 Å². The zero-order chi connectivity index (χ0) is 18.0. The lowest BCUT2D eigenvalue weighted by Crippen LogP contribution is -2.37. The number of aromatic nitrogens is 1. The van der Waals surface area contributed by atoms with E-state index in [9.17, 15) is 14.9 Å². The fraction of sp³-hybridized carbons (Fsp3) is 0.312. The van der Waals surface area contributed by atoms with Crippen molar-refractivity contribution in [1.82, 2.24) is 4.57 Å². The number of ether oxygens (including phenoxy) is 1. The van der Waals surface area contributed by atoms with Crippen molar-refractivity contribution in [3.05, 3.63) is 51.3 Å². The molecule has 0 saturated carbocycles. The molecule has 2 heterocycles. The minimum Gasteiger partial charge on any atom is -0.378 e. The van der Waals surface area contributed by atoms with Gasteiger partial charge in [-0.3, -0.25) is 14.9 Å². The van der Waals surface area contributed by atoms with Crippen LogP contribution in [0.15, 0.2) is 30.5 Å². The van der Waals surface area contributed by atoms with Crippen LogP contribution in [0.3, 0.4) is 0 Å². The third-order valence-corrected chi connectivity index (χ3v) is 4.30. The van der Waals surface area contributed by atoms with Crippen LogP contribution in [0.4, 0.5) is 17.1 Å². The van der Waals surface area contributed by atoms with Crippen molar-refractivity contribution in [2.24, 2.45) is 7.05 Å². The summed E-state index contributed by atoms with van der Waals surface area (Å²) in [6.07, 6.45) is 1.30. The van der Waals surface area contributed by atoms with Crippen LogP contribution < -0.4 is 10.2 Å². The highest BCUT2D eigenvalue weighted by Crippen LogP contribution is 2.34. The van der Waals surface area contributed by atoms with E-state index in [4.69, 9.17) is 16.3 Å². The van der Waals surface area contributed by atoms with Gasteiger partial charge in [0.25, 0.3) is 11.6 Å². The Balaban J connectivity index is 1.89. The van der Waals surface area contributed by atoms with Crippen LogP contribution >= 0.6 is 11.6 Å². The first-order chi connectivity index (χ1) is 12.0. The number of halogens is 1. The summed E-state index contributed by atoms with van der Waals surface area (Å²) in [5.74, 6) is -0.438. The van der Waals surface area contributed by atoms with E-state index in [0.29, 0.717) is 37.0 Å². The summed E-state index contributed by atoms with van der Waals surface area (Å²) >= 11 is 6.34. The van der Waals surface area contributed by atoms with Crippen LogP contribution in [0.5, 0.6) is 0 Å². The lowest BCUT2D eigenvalue weighted by atomic mass is 10.2. The van der Waals surface area contributed by atoms with E-state index in [0.717, 1.165) is 5.69 Å². The second-order valence-electron chi connectivity index (χ2n) is 5.64. The summed E-state index contributed by atoms with van der Waals surface area (Å²) in [6, 6.07) is 6.50. The maximum atomic E-state index is 12.6. The molecule has 0 spiro atoms. The minimum absolute atomic E-state index is 0.132. The Bertz CT molecular complexity index is 814. The van der Waals surface area contributed by atoms with E-state index in [-0.39, 0.29) is 11.4 Å². The fourth-order valence-electron chi connectivity index (χ4n) is 2.78. The van der Waals surface area contributed by atoms with Gasteiger partial charge in [0.15, 0.2) is 0 Å². The molecule has 1 fully saturated rings. The number of rotatable bonds is 4. The number of benzene rings is 1. The molecule has 0 bridgehead atoms. The van der Waals surface area contributed by atoms with Gasteiger partial charge in [-0.05, 0) is 12.1 Å². The molecule has 1 aromatic heterocycles. The molecule has 1 saturated heterocycles. The Hall–Kier alpha value is -2.58. The van der Waals surface area contributed by atoms with Crippen LogP contribution in [-0.4, -0.2) is 41.7 Å². The average molecular weight is 365 g/mol. The first-order valence-electron chi connectivity index (χ1n) is 7.70. The van der Waals surface area contributed by atoms with Crippen LogP contribution in [0.1, 0.15) is 10.5 Å². The van der Waals surface area contributed by atoms with E-state index in [2.05, 4.69) is 10.2 Å². The SMILES string of the molecule is Cn1cc([N+](=O)[O-])cc1C(=O)Nc1cccc(Cl)c1N1CCOCC1. The number of aryl methyl sites for hydroxylation is 1. The molecule has 0 radical (unpaired) electrons. The molecule has 8 nitrogen and oxygen atoms in total. The standard InChI is InChI=1S/C16H17ClN4O4/c1-19-10-11(21(23)24)9-14(19)16(22)18-13-4-2-3-12(17)15(13)20-5-7-25-8-6-20/h2-4,9-10H,5-8H2,1H3,(H,18,22). The molecule has 1 aliphatic rings. The zero-order valence-corrected chi connectivity index (χ0v) is 14.3. The Morgan fingerprint density at radius 2 is 2.08 bits per heavy atom. The van der Waals surface area contributed by atoms with Gasteiger partial charge in [-0.1, -0.05) is 17.7 Å². The molecule has 0 atom stereocenters. The number of hydrogen-bond acceptors (Lipinski definition) is 5. The van der Waals surface area contributed by atoms with Crippen LogP contribution in [0.2, 0.25) is 5.02 Å². The number of nitrogens with zero attached hydrogens (tertiary/aromatic N) is 3. The van der Waals surface area contributed by atoms with E-state index in [1.54, 1.807) is 25.2 Å². The second-order valence-corrected chi connectivity index (χ2v) is 6.05. The summed E-state index contributed by atoms with van der Waals surface area (Å²) in [5.41, 5.74) is 1.35. The van der Waals surface area contributed by atoms with Gasteiger partial charge in [0.05, 0.1) is 40.7 Å². The Morgan fingerprint density at radius 1 is 1.36 bits per heavy atom. The Kier molecular flexibility index (Phi) is 4.91.